The molecule has 3 amide bonds. The second-order valence-corrected chi connectivity index (χ2v) is 6.28. The van der Waals surface area contributed by atoms with Crippen molar-refractivity contribution in [3.63, 3.8) is 0 Å². The van der Waals surface area contributed by atoms with Crippen LogP contribution in [0.2, 0.25) is 0 Å². The molecule has 1 N–H and O–H groups in total. The molecular formula is C19H21N3O4. The molecule has 0 saturated carbocycles. The lowest BCUT2D eigenvalue weighted by Crippen LogP contribution is -2.53. The molecule has 2 aromatic rings. The highest BCUT2D eigenvalue weighted by Crippen LogP contribution is 2.19. The van der Waals surface area contributed by atoms with Crippen LogP contribution in [-0.2, 0) is 9.59 Å². The number of rotatable bonds is 2. The third kappa shape index (κ3) is 3.61. The van der Waals surface area contributed by atoms with E-state index in [2.05, 4.69) is 5.32 Å². The zero-order valence-corrected chi connectivity index (χ0v) is 14.8. The Bertz CT molecular complexity index is 801. The van der Waals surface area contributed by atoms with E-state index in [0.29, 0.717) is 31.9 Å². The number of carbonyl (C=O) groups excluding carboxylic acids is 3. The molecule has 0 atom stereocenters. The fourth-order valence-electron chi connectivity index (χ4n) is 2.99. The maximum Gasteiger partial charge on any atom is 0.313 e. The predicted octanol–water partition coefficient (Wildman–Crippen LogP) is 1.82. The van der Waals surface area contributed by atoms with Gasteiger partial charge in [0.05, 0.1) is 6.26 Å². The van der Waals surface area contributed by atoms with Crippen molar-refractivity contribution in [2.24, 2.45) is 0 Å². The number of hydrogen-bond acceptors (Lipinski definition) is 4. The molecule has 136 valence electrons. The summed E-state index contributed by atoms with van der Waals surface area (Å²) in [4.78, 5) is 40.1. The van der Waals surface area contributed by atoms with Gasteiger partial charge in [-0.15, -0.1) is 0 Å². The Labute approximate surface area is 151 Å². The zero-order chi connectivity index (χ0) is 18.7. The van der Waals surface area contributed by atoms with Gasteiger partial charge >= 0.3 is 11.8 Å². The molecule has 2 heterocycles. The first-order valence-corrected chi connectivity index (χ1v) is 8.46. The standard InChI is InChI=1S/C19H21N3O4/c1-13-5-3-6-14(2)16(13)20-17(23)19(25)22-10-8-21(9-11-22)18(24)15-7-4-12-26-15/h3-7,12H,8-11H2,1-2H3,(H,20,23). The summed E-state index contributed by atoms with van der Waals surface area (Å²) >= 11 is 0. The van der Waals surface area contributed by atoms with Crippen LogP contribution in [0, 0.1) is 13.8 Å². The van der Waals surface area contributed by atoms with Crippen molar-refractivity contribution in [1.29, 1.82) is 0 Å². The summed E-state index contributed by atoms with van der Waals surface area (Å²) in [5.41, 5.74) is 2.47. The van der Waals surface area contributed by atoms with Gasteiger partial charge in [0.2, 0.25) is 0 Å². The minimum absolute atomic E-state index is 0.206. The summed E-state index contributed by atoms with van der Waals surface area (Å²) < 4.78 is 5.11. The summed E-state index contributed by atoms with van der Waals surface area (Å²) in [6.07, 6.45) is 1.45. The van der Waals surface area contributed by atoms with Crippen LogP contribution >= 0.6 is 0 Å². The molecular weight excluding hydrogens is 334 g/mol. The molecule has 3 rings (SSSR count). The second kappa shape index (κ2) is 7.43. The quantitative estimate of drug-likeness (QED) is 0.833. The molecule has 1 aliphatic rings. The third-order valence-corrected chi connectivity index (χ3v) is 4.50. The number of nitrogens with zero attached hydrogens (tertiary/aromatic N) is 2. The van der Waals surface area contributed by atoms with Gasteiger partial charge in [-0.25, -0.2) is 0 Å². The number of para-hydroxylation sites is 1. The first kappa shape index (κ1) is 17.7. The van der Waals surface area contributed by atoms with Gasteiger partial charge in [0.15, 0.2) is 5.76 Å². The van der Waals surface area contributed by atoms with Gasteiger partial charge in [-0.05, 0) is 37.1 Å². The van der Waals surface area contributed by atoms with Crippen molar-refractivity contribution in [1.82, 2.24) is 9.80 Å². The highest BCUT2D eigenvalue weighted by molar-refractivity contribution is 6.39. The smallest absolute Gasteiger partial charge is 0.313 e. The van der Waals surface area contributed by atoms with Gasteiger partial charge in [-0.2, -0.15) is 0 Å². The molecule has 1 aliphatic heterocycles. The maximum absolute atomic E-state index is 12.4. The van der Waals surface area contributed by atoms with Gasteiger partial charge in [0.1, 0.15) is 0 Å². The number of benzene rings is 1. The van der Waals surface area contributed by atoms with Crippen LogP contribution in [0.5, 0.6) is 0 Å². The molecule has 1 saturated heterocycles. The molecule has 0 aliphatic carbocycles. The number of nitrogens with one attached hydrogen (secondary N) is 1. The average Bonchev–Trinajstić information content (AvgIpc) is 3.18. The van der Waals surface area contributed by atoms with Crippen LogP contribution in [0.4, 0.5) is 5.69 Å². The van der Waals surface area contributed by atoms with Gasteiger partial charge < -0.3 is 19.5 Å². The van der Waals surface area contributed by atoms with Gasteiger partial charge in [0, 0.05) is 31.9 Å². The van der Waals surface area contributed by atoms with Gasteiger partial charge in [-0.1, -0.05) is 18.2 Å². The first-order valence-electron chi connectivity index (χ1n) is 8.46. The number of amides is 3. The average molecular weight is 355 g/mol. The van der Waals surface area contributed by atoms with Crippen LogP contribution < -0.4 is 5.32 Å². The highest BCUT2D eigenvalue weighted by atomic mass is 16.3. The van der Waals surface area contributed by atoms with E-state index in [9.17, 15) is 14.4 Å². The summed E-state index contributed by atoms with van der Waals surface area (Å²) in [5, 5.41) is 2.71. The van der Waals surface area contributed by atoms with Crippen LogP contribution in [0.1, 0.15) is 21.7 Å². The van der Waals surface area contributed by atoms with Crippen molar-refractivity contribution in [2.75, 3.05) is 31.5 Å². The number of aryl methyl sites for hydroxylation is 2. The Morgan fingerprint density at radius 3 is 2.12 bits per heavy atom. The minimum Gasteiger partial charge on any atom is -0.459 e. The number of furan rings is 1. The molecule has 0 bridgehead atoms. The molecule has 7 nitrogen and oxygen atoms in total. The van der Waals surface area contributed by atoms with Crippen molar-refractivity contribution >= 4 is 23.4 Å². The van der Waals surface area contributed by atoms with Crippen molar-refractivity contribution in [3.05, 3.63) is 53.5 Å². The van der Waals surface area contributed by atoms with Crippen molar-refractivity contribution in [2.45, 2.75) is 13.8 Å². The Morgan fingerprint density at radius 1 is 0.923 bits per heavy atom. The summed E-state index contributed by atoms with van der Waals surface area (Å²) in [7, 11) is 0. The highest BCUT2D eigenvalue weighted by Gasteiger charge is 2.29. The Morgan fingerprint density at radius 2 is 1.54 bits per heavy atom. The van der Waals surface area contributed by atoms with Gasteiger partial charge in [-0.3, -0.25) is 14.4 Å². The van der Waals surface area contributed by atoms with E-state index in [1.54, 1.807) is 17.0 Å². The number of anilines is 1. The second-order valence-electron chi connectivity index (χ2n) is 6.28. The lowest BCUT2D eigenvalue weighted by atomic mass is 10.1. The predicted molar refractivity (Wildman–Crippen MR) is 95.7 cm³/mol. The van der Waals surface area contributed by atoms with E-state index in [1.807, 2.05) is 32.0 Å². The van der Waals surface area contributed by atoms with Crippen LogP contribution in [0.25, 0.3) is 0 Å². The molecule has 1 aromatic heterocycles. The number of hydrogen-bond donors (Lipinski definition) is 1. The summed E-state index contributed by atoms with van der Waals surface area (Å²) in [6, 6.07) is 8.93. The fourth-order valence-corrected chi connectivity index (χ4v) is 2.99. The van der Waals surface area contributed by atoms with Gasteiger partial charge in [0.25, 0.3) is 5.91 Å². The van der Waals surface area contributed by atoms with Crippen LogP contribution in [0.15, 0.2) is 41.0 Å². The van der Waals surface area contributed by atoms with Crippen molar-refractivity contribution in [3.8, 4) is 0 Å². The molecule has 26 heavy (non-hydrogen) atoms. The van der Waals surface area contributed by atoms with Crippen LogP contribution in [0.3, 0.4) is 0 Å². The Hall–Kier alpha value is -3.09. The SMILES string of the molecule is Cc1cccc(C)c1NC(=O)C(=O)N1CCN(C(=O)c2ccco2)CC1. The van der Waals surface area contributed by atoms with E-state index in [4.69, 9.17) is 4.42 Å². The molecule has 0 spiro atoms. The molecule has 1 aromatic carbocycles. The minimum atomic E-state index is -0.659. The number of piperazine rings is 1. The van der Waals surface area contributed by atoms with E-state index in [-0.39, 0.29) is 11.7 Å². The molecule has 1 fully saturated rings. The summed E-state index contributed by atoms with van der Waals surface area (Å²) in [5.74, 6) is -1.18. The normalized spacial score (nSPS) is 14.2. The Kier molecular flexibility index (Phi) is 5.06. The maximum atomic E-state index is 12.4. The lowest BCUT2D eigenvalue weighted by molar-refractivity contribution is -0.144. The molecule has 0 unspecified atom stereocenters. The third-order valence-electron chi connectivity index (χ3n) is 4.50. The largest absolute Gasteiger partial charge is 0.459 e. The van der Waals surface area contributed by atoms with E-state index < -0.39 is 11.8 Å². The van der Waals surface area contributed by atoms with E-state index >= 15 is 0 Å². The fraction of sp³-hybridized carbons (Fsp3) is 0.316. The monoisotopic (exact) mass is 355 g/mol. The first-order chi connectivity index (χ1) is 12.5. The van der Waals surface area contributed by atoms with E-state index in [0.717, 1.165) is 11.1 Å². The molecule has 0 radical (unpaired) electrons. The van der Waals surface area contributed by atoms with E-state index in [1.165, 1.54) is 11.2 Å². The van der Waals surface area contributed by atoms with Crippen LogP contribution in [-0.4, -0.2) is 53.7 Å². The number of carbonyl (C=O) groups is 3. The topological polar surface area (TPSA) is 82.9 Å². The molecule has 7 heteroatoms. The lowest BCUT2D eigenvalue weighted by Gasteiger charge is -2.33. The zero-order valence-electron chi connectivity index (χ0n) is 14.8. The summed E-state index contributed by atoms with van der Waals surface area (Å²) in [6.45, 7) is 5.11. The van der Waals surface area contributed by atoms with Crippen molar-refractivity contribution < 1.29 is 18.8 Å². The Balaban J connectivity index is 1.58.